The van der Waals surface area contributed by atoms with Gasteiger partial charge >= 0.3 is 0 Å². The highest BCUT2D eigenvalue weighted by Gasteiger charge is 2.15. The fraction of sp³-hybridized carbons (Fsp3) is 0.250. The zero-order chi connectivity index (χ0) is 9.30. The molecular weight excluding hydrogens is 174 g/mol. The summed E-state index contributed by atoms with van der Waals surface area (Å²) in [6.07, 6.45) is 0. The van der Waals surface area contributed by atoms with Crippen LogP contribution in [0.15, 0.2) is 17.0 Å². The summed E-state index contributed by atoms with van der Waals surface area (Å²) in [5, 5.41) is 10.6. The minimum absolute atomic E-state index is 0.169. The number of nitro benzene ring substituents is 1. The molecule has 0 saturated carbocycles. The van der Waals surface area contributed by atoms with Crippen LogP contribution in [-0.2, 0) is 0 Å². The topological polar surface area (TPSA) is 43.1 Å². The molecule has 0 aliphatic rings. The lowest BCUT2D eigenvalue weighted by atomic mass is 10.1. The van der Waals surface area contributed by atoms with E-state index in [-0.39, 0.29) is 10.6 Å². The second-order valence-corrected chi connectivity index (χ2v) is 3.11. The highest BCUT2D eigenvalue weighted by molar-refractivity contribution is 7.80. The van der Waals surface area contributed by atoms with Crippen LogP contribution in [0.4, 0.5) is 5.69 Å². The maximum Gasteiger partial charge on any atom is 0.276 e. The van der Waals surface area contributed by atoms with Crippen LogP contribution in [0.3, 0.4) is 0 Å². The van der Waals surface area contributed by atoms with Crippen LogP contribution in [-0.4, -0.2) is 4.92 Å². The third-order valence-corrected chi connectivity index (χ3v) is 2.27. The Hall–Kier alpha value is -1.03. The molecule has 0 bridgehead atoms. The summed E-state index contributed by atoms with van der Waals surface area (Å²) in [4.78, 5) is 10.9. The molecule has 0 amide bonds. The molecule has 12 heavy (non-hydrogen) atoms. The monoisotopic (exact) mass is 183 g/mol. The largest absolute Gasteiger partial charge is 0.276 e. The van der Waals surface area contributed by atoms with E-state index in [1.54, 1.807) is 26.0 Å². The Labute approximate surface area is 76.0 Å². The molecule has 4 heteroatoms. The van der Waals surface area contributed by atoms with E-state index in [4.69, 9.17) is 0 Å². The van der Waals surface area contributed by atoms with Crippen molar-refractivity contribution >= 4 is 18.3 Å². The third-order valence-electron chi connectivity index (χ3n) is 1.79. The lowest BCUT2D eigenvalue weighted by molar-refractivity contribution is -0.386. The fourth-order valence-corrected chi connectivity index (χ4v) is 1.29. The number of nitrogens with zero attached hydrogens (tertiary/aromatic N) is 1. The van der Waals surface area contributed by atoms with Crippen molar-refractivity contribution in [3.63, 3.8) is 0 Å². The maximum absolute atomic E-state index is 10.6. The van der Waals surface area contributed by atoms with Crippen molar-refractivity contribution in [1.29, 1.82) is 0 Å². The Balaban J connectivity index is 3.43. The quantitative estimate of drug-likeness (QED) is 0.413. The van der Waals surface area contributed by atoms with Gasteiger partial charge in [0.05, 0.1) is 4.92 Å². The van der Waals surface area contributed by atoms with Gasteiger partial charge < -0.3 is 0 Å². The molecule has 0 aromatic heterocycles. The van der Waals surface area contributed by atoms with E-state index >= 15 is 0 Å². The van der Waals surface area contributed by atoms with Gasteiger partial charge in [-0.3, -0.25) is 10.1 Å². The molecule has 0 aliphatic carbocycles. The molecule has 0 atom stereocenters. The van der Waals surface area contributed by atoms with Gasteiger partial charge in [0.1, 0.15) is 0 Å². The first kappa shape index (κ1) is 9.06. The van der Waals surface area contributed by atoms with Gasteiger partial charge in [0, 0.05) is 16.0 Å². The van der Waals surface area contributed by atoms with Gasteiger partial charge in [-0.2, -0.15) is 0 Å². The molecule has 1 rings (SSSR count). The Bertz CT molecular complexity index is 336. The van der Waals surface area contributed by atoms with Crippen molar-refractivity contribution in [1.82, 2.24) is 0 Å². The van der Waals surface area contributed by atoms with E-state index in [0.29, 0.717) is 16.0 Å². The standard InChI is InChI=1S/C8H9NO2S/c1-5-3-4-7(12)6(2)8(5)9(10)11/h3-4,12H,1-2H3. The normalized spacial score (nSPS) is 9.92. The highest BCUT2D eigenvalue weighted by atomic mass is 32.1. The Morgan fingerprint density at radius 2 is 2.00 bits per heavy atom. The third kappa shape index (κ3) is 1.43. The molecule has 0 radical (unpaired) electrons. The van der Waals surface area contributed by atoms with Crippen LogP contribution in [0.25, 0.3) is 0 Å². The molecule has 3 nitrogen and oxygen atoms in total. The number of hydrogen-bond acceptors (Lipinski definition) is 3. The van der Waals surface area contributed by atoms with Crippen LogP contribution < -0.4 is 0 Å². The molecule has 0 fully saturated rings. The summed E-state index contributed by atoms with van der Waals surface area (Å²) in [6, 6.07) is 3.47. The van der Waals surface area contributed by atoms with Crippen molar-refractivity contribution in [3.05, 3.63) is 33.4 Å². The van der Waals surface area contributed by atoms with E-state index < -0.39 is 0 Å². The zero-order valence-corrected chi connectivity index (χ0v) is 7.76. The van der Waals surface area contributed by atoms with Crippen molar-refractivity contribution in [2.75, 3.05) is 0 Å². The molecule has 0 saturated heterocycles. The first-order valence-electron chi connectivity index (χ1n) is 3.47. The predicted molar refractivity (Wildman–Crippen MR) is 49.8 cm³/mol. The summed E-state index contributed by atoms with van der Waals surface area (Å²) in [5.74, 6) is 0. The first-order chi connectivity index (χ1) is 5.54. The van der Waals surface area contributed by atoms with Crippen LogP contribution in [0.1, 0.15) is 11.1 Å². The van der Waals surface area contributed by atoms with E-state index in [2.05, 4.69) is 12.6 Å². The molecule has 0 aliphatic heterocycles. The molecule has 1 aromatic carbocycles. The number of nitro groups is 1. The summed E-state index contributed by atoms with van der Waals surface area (Å²) in [6.45, 7) is 3.42. The molecule has 0 heterocycles. The summed E-state index contributed by atoms with van der Waals surface area (Å²) in [7, 11) is 0. The predicted octanol–water partition coefficient (Wildman–Crippen LogP) is 2.50. The molecule has 0 spiro atoms. The lowest BCUT2D eigenvalue weighted by Gasteiger charge is -2.02. The molecular formula is C8H9NO2S. The van der Waals surface area contributed by atoms with Gasteiger partial charge in [-0.1, -0.05) is 6.07 Å². The summed E-state index contributed by atoms with van der Waals surface area (Å²) >= 11 is 4.10. The Kier molecular flexibility index (Phi) is 2.38. The van der Waals surface area contributed by atoms with Crippen LogP contribution >= 0.6 is 12.6 Å². The zero-order valence-electron chi connectivity index (χ0n) is 6.87. The Morgan fingerprint density at radius 1 is 1.42 bits per heavy atom. The number of aryl methyl sites for hydroxylation is 1. The summed E-state index contributed by atoms with van der Waals surface area (Å²) in [5.41, 5.74) is 1.47. The molecule has 1 aromatic rings. The number of benzene rings is 1. The molecule has 64 valence electrons. The second-order valence-electron chi connectivity index (χ2n) is 2.63. The van der Waals surface area contributed by atoms with Gasteiger partial charge in [-0.05, 0) is 19.9 Å². The first-order valence-corrected chi connectivity index (χ1v) is 3.92. The second kappa shape index (κ2) is 3.15. The van der Waals surface area contributed by atoms with Gasteiger partial charge in [-0.15, -0.1) is 12.6 Å². The van der Waals surface area contributed by atoms with E-state index in [1.165, 1.54) is 0 Å². The van der Waals surface area contributed by atoms with Gasteiger partial charge in [-0.25, -0.2) is 0 Å². The average molecular weight is 183 g/mol. The number of hydrogen-bond donors (Lipinski definition) is 1. The van der Waals surface area contributed by atoms with Gasteiger partial charge in [0.2, 0.25) is 0 Å². The van der Waals surface area contributed by atoms with Crippen molar-refractivity contribution in [2.45, 2.75) is 18.7 Å². The van der Waals surface area contributed by atoms with Crippen LogP contribution in [0, 0.1) is 24.0 Å². The lowest BCUT2D eigenvalue weighted by Crippen LogP contribution is -1.95. The Morgan fingerprint density at radius 3 is 2.42 bits per heavy atom. The smallest absolute Gasteiger partial charge is 0.258 e. The van der Waals surface area contributed by atoms with Crippen LogP contribution in [0.2, 0.25) is 0 Å². The SMILES string of the molecule is Cc1ccc(S)c(C)c1[N+](=O)[O-]. The van der Waals surface area contributed by atoms with E-state index in [0.717, 1.165) is 0 Å². The van der Waals surface area contributed by atoms with Crippen molar-refractivity contribution in [2.24, 2.45) is 0 Å². The van der Waals surface area contributed by atoms with Crippen molar-refractivity contribution < 1.29 is 4.92 Å². The maximum atomic E-state index is 10.6. The number of rotatable bonds is 1. The minimum Gasteiger partial charge on any atom is -0.258 e. The minimum atomic E-state index is -0.371. The summed E-state index contributed by atoms with van der Waals surface area (Å²) < 4.78 is 0. The molecule has 0 N–H and O–H groups in total. The van der Waals surface area contributed by atoms with Gasteiger partial charge in [0.25, 0.3) is 5.69 Å². The average Bonchev–Trinajstić information content (AvgIpc) is 1.97. The van der Waals surface area contributed by atoms with E-state index in [9.17, 15) is 10.1 Å². The highest BCUT2D eigenvalue weighted by Crippen LogP contribution is 2.27. The van der Waals surface area contributed by atoms with Gasteiger partial charge in [0.15, 0.2) is 0 Å². The van der Waals surface area contributed by atoms with Crippen molar-refractivity contribution in [3.8, 4) is 0 Å². The van der Waals surface area contributed by atoms with E-state index in [1.807, 2.05) is 0 Å². The van der Waals surface area contributed by atoms with Crippen LogP contribution in [0.5, 0.6) is 0 Å². The number of thiol groups is 1. The fourth-order valence-electron chi connectivity index (χ4n) is 1.11. The molecule has 0 unspecified atom stereocenters.